The predicted octanol–water partition coefficient (Wildman–Crippen LogP) is 1.54. The van der Waals surface area contributed by atoms with Gasteiger partial charge < -0.3 is 15.7 Å². The maximum absolute atomic E-state index is 12.6. The molecule has 1 aromatic carbocycles. The average Bonchev–Trinajstić information content (AvgIpc) is 2.47. The van der Waals surface area contributed by atoms with Crippen LogP contribution in [0, 0.1) is 0 Å². The summed E-state index contributed by atoms with van der Waals surface area (Å²) in [5.41, 5.74) is 4.78. The molecular formula is C17H24N2O3. The normalized spacial score (nSPS) is 21.2. The number of hydrogen-bond acceptors (Lipinski definition) is 3. The summed E-state index contributed by atoms with van der Waals surface area (Å²) in [7, 11) is 0. The lowest BCUT2D eigenvalue weighted by Crippen LogP contribution is -2.47. The van der Waals surface area contributed by atoms with Crippen molar-refractivity contribution in [3.63, 3.8) is 0 Å². The number of hydrogen-bond donors (Lipinski definition) is 2. The second kappa shape index (κ2) is 6.92. The first kappa shape index (κ1) is 16.5. The van der Waals surface area contributed by atoms with E-state index in [0.29, 0.717) is 12.1 Å². The molecule has 1 aliphatic rings. The molecule has 1 saturated heterocycles. The van der Waals surface area contributed by atoms with Crippen LogP contribution < -0.4 is 5.73 Å². The van der Waals surface area contributed by atoms with E-state index in [-0.39, 0.29) is 30.7 Å². The fourth-order valence-electron chi connectivity index (χ4n) is 3.07. The lowest BCUT2D eigenvalue weighted by atomic mass is 9.90. The first-order chi connectivity index (χ1) is 10.4. The summed E-state index contributed by atoms with van der Waals surface area (Å²) >= 11 is 0. The van der Waals surface area contributed by atoms with Crippen molar-refractivity contribution in [3.8, 4) is 0 Å². The van der Waals surface area contributed by atoms with Crippen molar-refractivity contribution < 1.29 is 14.7 Å². The molecular weight excluding hydrogens is 280 g/mol. The largest absolute Gasteiger partial charge is 0.385 e. The minimum absolute atomic E-state index is 0.00623. The molecule has 1 heterocycles. The van der Waals surface area contributed by atoms with Crippen LogP contribution in [0.3, 0.4) is 0 Å². The lowest BCUT2D eigenvalue weighted by Gasteiger charge is -2.37. The number of carbonyl (C=O) groups is 2. The van der Waals surface area contributed by atoms with Crippen LogP contribution in [-0.4, -0.2) is 34.4 Å². The van der Waals surface area contributed by atoms with Gasteiger partial charge in [0.25, 0.3) is 0 Å². The quantitative estimate of drug-likeness (QED) is 0.865. The number of primary amides is 1. The van der Waals surface area contributed by atoms with Crippen molar-refractivity contribution in [3.05, 3.63) is 35.9 Å². The van der Waals surface area contributed by atoms with Crippen molar-refractivity contribution in [1.82, 2.24) is 4.90 Å². The van der Waals surface area contributed by atoms with E-state index in [4.69, 9.17) is 5.73 Å². The minimum atomic E-state index is -1.22. The Kier molecular flexibility index (Phi) is 5.19. The summed E-state index contributed by atoms with van der Waals surface area (Å²) in [6.45, 7) is 2.27. The standard InChI is InChI=1S/C17H24N2O3/c1-17(22,13-7-3-2-4-8-13)12-16(21)19-10-6-5-9-14(19)11-15(18)20/h2-4,7-8,14,22H,5-6,9-12H2,1H3,(H2,18,20). The Labute approximate surface area is 131 Å². The highest BCUT2D eigenvalue weighted by molar-refractivity contribution is 5.80. The van der Waals surface area contributed by atoms with Crippen molar-refractivity contribution >= 4 is 11.8 Å². The smallest absolute Gasteiger partial charge is 0.226 e. The SMILES string of the molecule is CC(O)(CC(=O)N1CCCCC1CC(N)=O)c1ccccc1. The molecule has 1 aromatic rings. The van der Waals surface area contributed by atoms with Gasteiger partial charge in [0.15, 0.2) is 0 Å². The number of rotatable bonds is 5. The van der Waals surface area contributed by atoms with Crippen LogP contribution >= 0.6 is 0 Å². The monoisotopic (exact) mass is 304 g/mol. The molecule has 0 saturated carbocycles. The summed E-state index contributed by atoms with van der Waals surface area (Å²) in [6, 6.07) is 9.03. The third-order valence-corrected chi connectivity index (χ3v) is 4.28. The molecule has 0 aliphatic carbocycles. The fraction of sp³-hybridized carbons (Fsp3) is 0.529. The topological polar surface area (TPSA) is 83.6 Å². The number of aliphatic hydroxyl groups is 1. The van der Waals surface area contributed by atoms with Crippen molar-refractivity contribution in [2.45, 2.75) is 50.7 Å². The van der Waals surface area contributed by atoms with Crippen LogP contribution in [0.25, 0.3) is 0 Å². The van der Waals surface area contributed by atoms with E-state index in [0.717, 1.165) is 19.3 Å². The van der Waals surface area contributed by atoms with Crippen molar-refractivity contribution in [2.75, 3.05) is 6.54 Å². The first-order valence-electron chi connectivity index (χ1n) is 7.76. The highest BCUT2D eigenvalue weighted by Crippen LogP contribution is 2.28. The number of nitrogens with two attached hydrogens (primary N) is 1. The number of piperidine rings is 1. The zero-order valence-corrected chi connectivity index (χ0v) is 13.0. The Balaban J connectivity index is 2.07. The molecule has 0 aromatic heterocycles. The highest BCUT2D eigenvalue weighted by Gasteiger charge is 2.33. The van der Waals surface area contributed by atoms with Crippen LogP contribution in [0.4, 0.5) is 0 Å². The maximum Gasteiger partial charge on any atom is 0.226 e. The minimum Gasteiger partial charge on any atom is -0.385 e. The molecule has 2 amide bonds. The van der Waals surface area contributed by atoms with Crippen LogP contribution in [0.2, 0.25) is 0 Å². The summed E-state index contributed by atoms with van der Waals surface area (Å²) in [5, 5.41) is 10.6. The molecule has 0 spiro atoms. The van der Waals surface area contributed by atoms with Crippen molar-refractivity contribution in [2.24, 2.45) is 5.73 Å². The molecule has 1 aliphatic heterocycles. The predicted molar refractivity (Wildman–Crippen MR) is 83.8 cm³/mol. The van der Waals surface area contributed by atoms with Crippen LogP contribution in [-0.2, 0) is 15.2 Å². The van der Waals surface area contributed by atoms with Gasteiger partial charge in [0.1, 0.15) is 0 Å². The second-order valence-electron chi connectivity index (χ2n) is 6.22. The molecule has 22 heavy (non-hydrogen) atoms. The number of amides is 2. The molecule has 0 radical (unpaired) electrons. The van der Waals surface area contributed by atoms with Gasteiger partial charge in [0.05, 0.1) is 12.0 Å². The van der Waals surface area contributed by atoms with Gasteiger partial charge in [-0.1, -0.05) is 30.3 Å². The van der Waals surface area contributed by atoms with Gasteiger partial charge in [-0.25, -0.2) is 0 Å². The van der Waals surface area contributed by atoms with Gasteiger partial charge in [-0.2, -0.15) is 0 Å². The van der Waals surface area contributed by atoms with Gasteiger partial charge in [-0.15, -0.1) is 0 Å². The van der Waals surface area contributed by atoms with Gasteiger partial charge in [-0.05, 0) is 31.7 Å². The Morgan fingerprint density at radius 3 is 2.64 bits per heavy atom. The zero-order valence-electron chi connectivity index (χ0n) is 13.0. The summed E-state index contributed by atoms with van der Waals surface area (Å²) in [6.07, 6.45) is 2.92. The van der Waals surface area contributed by atoms with Crippen LogP contribution in [0.1, 0.15) is 44.6 Å². The van der Waals surface area contributed by atoms with Gasteiger partial charge in [0.2, 0.25) is 11.8 Å². The third-order valence-electron chi connectivity index (χ3n) is 4.28. The van der Waals surface area contributed by atoms with Crippen LogP contribution in [0.5, 0.6) is 0 Å². The Morgan fingerprint density at radius 1 is 1.32 bits per heavy atom. The molecule has 3 N–H and O–H groups in total. The van der Waals surface area contributed by atoms with E-state index in [1.54, 1.807) is 11.8 Å². The van der Waals surface area contributed by atoms with E-state index >= 15 is 0 Å². The second-order valence-corrected chi connectivity index (χ2v) is 6.22. The van der Waals surface area contributed by atoms with Crippen molar-refractivity contribution in [1.29, 1.82) is 0 Å². The lowest BCUT2D eigenvalue weighted by molar-refractivity contribution is -0.140. The molecule has 2 rings (SSSR count). The Hall–Kier alpha value is -1.88. The van der Waals surface area contributed by atoms with E-state index in [1.807, 2.05) is 30.3 Å². The van der Waals surface area contributed by atoms with Gasteiger partial charge in [-0.3, -0.25) is 9.59 Å². The van der Waals surface area contributed by atoms with E-state index in [2.05, 4.69) is 0 Å². The van der Waals surface area contributed by atoms with Crippen LogP contribution in [0.15, 0.2) is 30.3 Å². The molecule has 2 atom stereocenters. The molecule has 120 valence electrons. The fourth-order valence-corrected chi connectivity index (χ4v) is 3.07. The first-order valence-corrected chi connectivity index (χ1v) is 7.76. The third kappa shape index (κ3) is 4.07. The molecule has 1 fully saturated rings. The molecule has 2 unspecified atom stereocenters. The number of nitrogens with zero attached hydrogens (tertiary/aromatic N) is 1. The average molecular weight is 304 g/mol. The van der Waals surface area contributed by atoms with E-state index in [1.165, 1.54) is 0 Å². The van der Waals surface area contributed by atoms with Gasteiger partial charge >= 0.3 is 0 Å². The number of benzene rings is 1. The Morgan fingerprint density at radius 2 is 2.00 bits per heavy atom. The van der Waals surface area contributed by atoms with E-state index in [9.17, 15) is 14.7 Å². The van der Waals surface area contributed by atoms with Gasteiger partial charge in [0, 0.05) is 19.0 Å². The maximum atomic E-state index is 12.6. The van der Waals surface area contributed by atoms with E-state index < -0.39 is 5.60 Å². The summed E-state index contributed by atoms with van der Waals surface area (Å²) in [4.78, 5) is 25.5. The Bertz CT molecular complexity index is 528. The number of likely N-dealkylation sites (tertiary alicyclic amines) is 1. The molecule has 5 heteroatoms. The number of carbonyl (C=O) groups excluding carboxylic acids is 2. The summed E-state index contributed by atoms with van der Waals surface area (Å²) < 4.78 is 0. The molecule has 5 nitrogen and oxygen atoms in total. The highest BCUT2D eigenvalue weighted by atomic mass is 16.3. The summed E-state index contributed by atoms with van der Waals surface area (Å²) in [5.74, 6) is -0.515. The molecule has 0 bridgehead atoms. The zero-order chi connectivity index (χ0) is 16.2.